The zero-order valence-corrected chi connectivity index (χ0v) is 22.1. The molecule has 5 rings (SSSR count). The molecule has 3 aromatic heterocycles. The highest BCUT2D eigenvalue weighted by atomic mass is 32.2. The molecule has 10 heteroatoms. The summed E-state index contributed by atoms with van der Waals surface area (Å²) in [7, 11) is 1.02. The van der Waals surface area contributed by atoms with Gasteiger partial charge in [-0.05, 0) is 61.1 Å². The van der Waals surface area contributed by atoms with Gasteiger partial charge in [-0.25, -0.2) is 22.9 Å². The van der Waals surface area contributed by atoms with Crippen molar-refractivity contribution < 1.29 is 8.60 Å². The van der Waals surface area contributed by atoms with E-state index >= 15 is 0 Å². The molecular formula is C26H27FN6OS2. The summed E-state index contributed by atoms with van der Waals surface area (Å²) in [5.41, 5.74) is 4.31. The molecule has 1 saturated heterocycles. The molecule has 0 amide bonds. The van der Waals surface area contributed by atoms with Gasteiger partial charge in [-0.1, -0.05) is 24.3 Å². The third-order valence-electron chi connectivity index (χ3n) is 6.75. The Labute approximate surface area is 216 Å². The summed E-state index contributed by atoms with van der Waals surface area (Å²) in [5, 5.41) is 10.4. The van der Waals surface area contributed by atoms with Crippen molar-refractivity contribution in [1.82, 2.24) is 18.7 Å². The van der Waals surface area contributed by atoms with Crippen molar-refractivity contribution in [3.8, 4) is 17.3 Å². The van der Waals surface area contributed by atoms with E-state index in [2.05, 4.69) is 35.7 Å². The molecule has 0 aliphatic carbocycles. The van der Waals surface area contributed by atoms with Crippen LogP contribution in [0.4, 0.5) is 15.3 Å². The number of aryl methyl sites for hydroxylation is 1. The molecule has 186 valence electrons. The molecule has 7 nitrogen and oxygen atoms in total. The van der Waals surface area contributed by atoms with Crippen LogP contribution in [-0.2, 0) is 17.4 Å². The quantitative estimate of drug-likeness (QED) is 0.345. The Bertz CT molecular complexity index is 1460. The van der Waals surface area contributed by atoms with Gasteiger partial charge in [-0.3, -0.25) is 4.40 Å². The van der Waals surface area contributed by atoms with Crippen molar-refractivity contribution in [1.29, 1.82) is 5.26 Å². The van der Waals surface area contributed by atoms with E-state index in [0.29, 0.717) is 27.2 Å². The monoisotopic (exact) mass is 522 g/mol. The SMILES string of the molecule is CCc1nc2ccc(C3CCN(S(C)=O)CC3)cn2c1N(C)c1nc(-c2ccc(F)cc2)c(C#N)s1. The van der Waals surface area contributed by atoms with Crippen LogP contribution >= 0.6 is 11.3 Å². The summed E-state index contributed by atoms with van der Waals surface area (Å²) in [6.45, 7) is 3.73. The van der Waals surface area contributed by atoms with Crippen LogP contribution in [0.1, 0.15) is 41.8 Å². The third kappa shape index (κ3) is 4.54. The van der Waals surface area contributed by atoms with Crippen LogP contribution in [0, 0.1) is 17.1 Å². The average Bonchev–Trinajstić information content (AvgIpc) is 3.50. The van der Waals surface area contributed by atoms with Crippen LogP contribution in [0.5, 0.6) is 0 Å². The zero-order valence-electron chi connectivity index (χ0n) is 20.4. The maximum Gasteiger partial charge on any atom is 0.192 e. The molecule has 0 N–H and O–H groups in total. The molecule has 4 aromatic rings. The number of fused-ring (bicyclic) bond motifs is 1. The van der Waals surface area contributed by atoms with E-state index in [1.165, 1.54) is 29.0 Å². The number of anilines is 2. The van der Waals surface area contributed by atoms with Crippen molar-refractivity contribution in [2.75, 3.05) is 31.3 Å². The molecular weight excluding hydrogens is 495 g/mol. The van der Waals surface area contributed by atoms with Gasteiger partial charge in [-0.15, -0.1) is 0 Å². The van der Waals surface area contributed by atoms with Gasteiger partial charge in [0.2, 0.25) is 0 Å². The molecule has 1 atom stereocenters. The van der Waals surface area contributed by atoms with Crippen LogP contribution in [0.15, 0.2) is 42.6 Å². The zero-order chi connectivity index (χ0) is 25.4. The van der Waals surface area contributed by atoms with Crippen LogP contribution in [-0.4, -0.2) is 49.3 Å². The van der Waals surface area contributed by atoms with Gasteiger partial charge >= 0.3 is 0 Å². The lowest BCUT2D eigenvalue weighted by molar-refractivity contribution is 0.335. The summed E-state index contributed by atoms with van der Waals surface area (Å²) in [6, 6.07) is 12.5. The highest BCUT2D eigenvalue weighted by molar-refractivity contribution is 7.81. The number of hydrogen-bond acceptors (Lipinski definition) is 6. The average molecular weight is 523 g/mol. The van der Waals surface area contributed by atoms with Crippen molar-refractivity contribution in [3.05, 3.63) is 64.5 Å². The molecule has 1 fully saturated rings. The molecule has 1 aliphatic rings. The van der Waals surface area contributed by atoms with E-state index in [-0.39, 0.29) is 5.82 Å². The second-order valence-electron chi connectivity index (χ2n) is 8.91. The van der Waals surface area contributed by atoms with E-state index < -0.39 is 11.0 Å². The number of piperidine rings is 1. The Morgan fingerprint density at radius 2 is 1.92 bits per heavy atom. The van der Waals surface area contributed by atoms with E-state index in [1.807, 2.05) is 16.3 Å². The van der Waals surface area contributed by atoms with Crippen molar-refractivity contribution in [2.45, 2.75) is 32.1 Å². The van der Waals surface area contributed by atoms with Crippen LogP contribution in [0.25, 0.3) is 16.9 Å². The standard InChI is InChI=1S/C26H27FN6OS2/c1-4-21-25(31(2)26-30-24(22(15-28)35-26)18-5-8-20(27)9-6-18)33-16-19(7-10-23(33)29-21)17-11-13-32(14-12-17)36(3)34/h5-10,16-17H,4,11-14H2,1-3H3. The Kier molecular flexibility index (Phi) is 6.88. The van der Waals surface area contributed by atoms with E-state index in [4.69, 9.17) is 9.97 Å². The first kappa shape index (κ1) is 24.6. The number of nitriles is 1. The number of halogens is 1. The van der Waals surface area contributed by atoms with Gasteiger partial charge in [0.25, 0.3) is 0 Å². The first-order valence-electron chi connectivity index (χ1n) is 11.9. The molecule has 1 aliphatic heterocycles. The first-order valence-corrected chi connectivity index (χ1v) is 14.2. The third-order valence-corrected chi connectivity index (χ3v) is 8.88. The molecule has 0 bridgehead atoms. The second kappa shape index (κ2) is 10.1. The Hall–Kier alpha value is -3.13. The molecule has 0 spiro atoms. The number of hydrogen-bond donors (Lipinski definition) is 0. The fourth-order valence-corrected chi connectivity index (χ4v) is 6.37. The topological polar surface area (TPSA) is 77.5 Å². The van der Waals surface area contributed by atoms with Gasteiger partial charge in [-0.2, -0.15) is 5.26 Å². The fourth-order valence-electron chi connectivity index (χ4n) is 4.80. The van der Waals surface area contributed by atoms with Crippen molar-refractivity contribution in [2.24, 2.45) is 0 Å². The van der Waals surface area contributed by atoms with Crippen LogP contribution < -0.4 is 4.90 Å². The minimum atomic E-state index is -0.926. The van der Waals surface area contributed by atoms with Gasteiger partial charge in [0, 0.05) is 38.2 Å². The number of benzene rings is 1. The van der Waals surface area contributed by atoms with Gasteiger partial charge < -0.3 is 4.90 Å². The summed E-state index contributed by atoms with van der Waals surface area (Å²) in [6.07, 6.45) is 6.58. The van der Waals surface area contributed by atoms with Crippen LogP contribution in [0.2, 0.25) is 0 Å². The number of nitrogens with zero attached hydrogens (tertiary/aromatic N) is 6. The highest BCUT2D eigenvalue weighted by Gasteiger charge is 2.25. The fraction of sp³-hybridized carbons (Fsp3) is 0.346. The number of aromatic nitrogens is 3. The molecule has 4 heterocycles. The maximum absolute atomic E-state index is 13.4. The Morgan fingerprint density at radius 1 is 1.19 bits per heavy atom. The molecule has 36 heavy (non-hydrogen) atoms. The van der Waals surface area contributed by atoms with E-state index in [0.717, 1.165) is 49.5 Å². The Balaban J connectivity index is 1.52. The van der Waals surface area contributed by atoms with Crippen molar-refractivity contribution in [3.63, 3.8) is 0 Å². The predicted molar refractivity (Wildman–Crippen MR) is 142 cm³/mol. The van der Waals surface area contributed by atoms with Crippen molar-refractivity contribution >= 4 is 38.9 Å². The lowest BCUT2D eigenvalue weighted by atomic mass is 9.91. The summed E-state index contributed by atoms with van der Waals surface area (Å²) in [4.78, 5) is 12.1. The number of imidazole rings is 1. The van der Waals surface area contributed by atoms with Gasteiger partial charge in [0.1, 0.15) is 33.9 Å². The normalized spacial score (nSPS) is 15.8. The maximum atomic E-state index is 13.4. The minimum Gasteiger partial charge on any atom is -0.305 e. The van der Waals surface area contributed by atoms with Gasteiger partial charge in [0.15, 0.2) is 5.13 Å². The number of thiazole rings is 1. The second-order valence-corrected chi connectivity index (χ2v) is 11.2. The van der Waals surface area contributed by atoms with E-state index in [9.17, 15) is 13.9 Å². The molecule has 1 aromatic carbocycles. The van der Waals surface area contributed by atoms with Crippen LogP contribution in [0.3, 0.4) is 0 Å². The lowest BCUT2D eigenvalue weighted by Gasteiger charge is -2.30. The Morgan fingerprint density at radius 3 is 2.56 bits per heavy atom. The largest absolute Gasteiger partial charge is 0.305 e. The first-order chi connectivity index (χ1) is 17.4. The highest BCUT2D eigenvalue weighted by Crippen LogP contribution is 2.37. The summed E-state index contributed by atoms with van der Waals surface area (Å²) < 4.78 is 29.4. The smallest absolute Gasteiger partial charge is 0.192 e. The van der Waals surface area contributed by atoms with E-state index in [1.54, 1.807) is 18.4 Å². The summed E-state index contributed by atoms with van der Waals surface area (Å²) in [5.74, 6) is 0.993. The number of pyridine rings is 1. The molecule has 1 unspecified atom stereocenters. The summed E-state index contributed by atoms with van der Waals surface area (Å²) >= 11 is 1.31. The van der Waals surface area contributed by atoms with Gasteiger partial charge in [0.05, 0.1) is 16.7 Å². The minimum absolute atomic E-state index is 0.326. The lowest BCUT2D eigenvalue weighted by Crippen LogP contribution is -2.33. The molecule has 0 radical (unpaired) electrons. The predicted octanol–water partition coefficient (Wildman–Crippen LogP) is 5.27. The molecule has 0 saturated carbocycles. The number of rotatable bonds is 6.